The van der Waals surface area contributed by atoms with E-state index in [4.69, 9.17) is 4.74 Å². The van der Waals surface area contributed by atoms with Gasteiger partial charge in [-0.1, -0.05) is 23.9 Å². The largest absolute Gasteiger partial charge is 0.495 e. The first-order chi connectivity index (χ1) is 9.79. The molecule has 104 valence electrons. The number of carbonyl (C=O) groups excluding carboxylic acids is 1. The predicted molar refractivity (Wildman–Crippen MR) is 81.7 cm³/mol. The predicted octanol–water partition coefficient (Wildman–Crippen LogP) is 3.05. The monoisotopic (exact) mass is 306 g/mol. The van der Waals surface area contributed by atoms with Crippen molar-refractivity contribution >= 4 is 34.7 Å². The van der Waals surface area contributed by atoms with Crippen LogP contribution in [0.3, 0.4) is 0 Å². The molecule has 4 nitrogen and oxygen atoms in total. The summed E-state index contributed by atoms with van der Waals surface area (Å²) in [5.41, 5.74) is 0.849. The van der Waals surface area contributed by atoms with Gasteiger partial charge in [0.2, 0.25) is 5.91 Å². The molecule has 0 saturated carbocycles. The van der Waals surface area contributed by atoms with Gasteiger partial charge < -0.3 is 9.64 Å². The fraction of sp³-hybridized carbons (Fsp3) is 0.286. The molecule has 0 radical (unpaired) electrons. The summed E-state index contributed by atoms with van der Waals surface area (Å²) in [6.45, 7) is 0.724. The van der Waals surface area contributed by atoms with Crippen LogP contribution in [0.25, 0.3) is 0 Å². The zero-order chi connectivity index (χ0) is 13.9. The first kappa shape index (κ1) is 13.5. The van der Waals surface area contributed by atoms with Gasteiger partial charge in [0, 0.05) is 18.1 Å². The molecule has 3 rings (SSSR count). The fourth-order valence-electron chi connectivity index (χ4n) is 2.25. The molecule has 1 aliphatic heterocycles. The number of aromatic nitrogens is 1. The van der Waals surface area contributed by atoms with Crippen LogP contribution in [-0.2, 0) is 4.79 Å². The van der Waals surface area contributed by atoms with Crippen molar-refractivity contribution in [1.82, 2.24) is 4.98 Å². The molecule has 1 aromatic heterocycles. The summed E-state index contributed by atoms with van der Waals surface area (Å²) in [5.74, 6) is 0.871. The van der Waals surface area contributed by atoms with Crippen LogP contribution in [0.5, 0.6) is 5.75 Å². The van der Waals surface area contributed by atoms with Gasteiger partial charge in [-0.25, -0.2) is 4.98 Å². The zero-order valence-corrected chi connectivity index (χ0v) is 12.6. The molecule has 0 aliphatic carbocycles. The highest BCUT2D eigenvalue weighted by Crippen LogP contribution is 2.37. The molecule has 2 aromatic rings. The van der Waals surface area contributed by atoms with Crippen LogP contribution in [-0.4, -0.2) is 29.8 Å². The van der Waals surface area contributed by atoms with Gasteiger partial charge in [0.15, 0.2) is 4.34 Å². The third-order valence-corrected chi connectivity index (χ3v) is 5.36. The van der Waals surface area contributed by atoms with Gasteiger partial charge in [-0.3, -0.25) is 4.79 Å². The highest BCUT2D eigenvalue weighted by molar-refractivity contribution is 8.02. The molecular formula is C14H14N2O2S2. The quantitative estimate of drug-likeness (QED) is 0.870. The van der Waals surface area contributed by atoms with Crippen molar-refractivity contribution < 1.29 is 9.53 Å². The summed E-state index contributed by atoms with van der Waals surface area (Å²) in [4.78, 5) is 18.6. The maximum atomic E-state index is 12.5. The lowest BCUT2D eigenvalue weighted by molar-refractivity contribution is -0.116. The minimum atomic E-state index is -0.0499. The molecule has 1 aliphatic rings. The van der Waals surface area contributed by atoms with Gasteiger partial charge in [-0.2, -0.15) is 0 Å². The molecule has 1 atom stereocenters. The van der Waals surface area contributed by atoms with Crippen molar-refractivity contribution in [2.75, 3.05) is 18.6 Å². The number of thiazole rings is 1. The first-order valence-electron chi connectivity index (χ1n) is 6.30. The van der Waals surface area contributed by atoms with Gasteiger partial charge in [0.05, 0.1) is 18.0 Å². The highest BCUT2D eigenvalue weighted by atomic mass is 32.2. The number of ether oxygens (including phenoxy) is 1. The van der Waals surface area contributed by atoms with E-state index in [0.29, 0.717) is 0 Å². The van der Waals surface area contributed by atoms with E-state index in [1.165, 1.54) is 0 Å². The first-order valence-corrected chi connectivity index (χ1v) is 8.06. The standard InChI is InChI=1S/C14H14N2O2S2/c1-18-11-5-3-2-4-10(11)16-8-6-12(13(16)17)20-14-15-7-9-19-14/h2-5,7,9,12H,6,8H2,1H3/t12-/m0/s1. The Balaban J connectivity index is 1.78. The topological polar surface area (TPSA) is 42.4 Å². The summed E-state index contributed by atoms with van der Waals surface area (Å²) in [6.07, 6.45) is 2.60. The Morgan fingerprint density at radius 2 is 2.30 bits per heavy atom. The van der Waals surface area contributed by atoms with Crippen molar-refractivity contribution in [1.29, 1.82) is 0 Å². The molecule has 1 fully saturated rings. The second kappa shape index (κ2) is 5.85. The second-order valence-electron chi connectivity index (χ2n) is 4.35. The fourth-order valence-corrected chi connectivity index (χ4v) is 4.16. The molecule has 0 bridgehead atoms. The number of nitrogens with zero attached hydrogens (tertiary/aromatic N) is 2. The number of hydrogen-bond acceptors (Lipinski definition) is 5. The van der Waals surface area contributed by atoms with Crippen molar-refractivity contribution in [2.24, 2.45) is 0 Å². The lowest BCUT2D eigenvalue weighted by Crippen LogP contribution is -2.28. The van der Waals surface area contributed by atoms with Crippen LogP contribution in [0, 0.1) is 0 Å². The SMILES string of the molecule is COc1ccccc1N1CC[C@H](Sc2nccs2)C1=O. The number of thioether (sulfide) groups is 1. The number of anilines is 1. The maximum absolute atomic E-state index is 12.5. The van der Waals surface area contributed by atoms with E-state index < -0.39 is 0 Å². The van der Waals surface area contributed by atoms with Crippen molar-refractivity contribution in [3.63, 3.8) is 0 Å². The van der Waals surface area contributed by atoms with Crippen molar-refractivity contribution in [2.45, 2.75) is 16.0 Å². The lowest BCUT2D eigenvalue weighted by atomic mass is 10.2. The zero-order valence-electron chi connectivity index (χ0n) is 11.0. The van der Waals surface area contributed by atoms with E-state index in [2.05, 4.69) is 4.98 Å². The Labute approximate surface area is 125 Å². The van der Waals surface area contributed by atoms with Crippen LogP contribution in [0.1, 0.15) is 6.42 Å². The molecule has 20 heavy (non-hydrogen) atoms. The van der Waals surface area contributed by atoms with E-state index >= 15 is 0 Å². The molecule has 0 N–H and O–H groups in total. The van der Waals surface area contributed by atoms with Crippen molar-refractivity contribution in [3.05, 3.63) is 35.8 Å². The summed E-state index contributed by atoms with van der Waals surface area (Å²) in [5, 5.41) is 1.88. The minimum absolute atomic E-state index is 0.0499. The van der Waals surface area contributed by atoms with E-state index in [1.54, 1.807) is 36.4 Å². The lowest BCUT2D eigenvalue weighted by Gasteiger charge is -2.19. The van der Waals surface area contributed by atoms with E-state index in [1.807, 2.05) is 34.5 Å². The van der Waals surface area contributed by atoms with E-state index in [9.17, 15) is 4.79 Å². The van der Waals surface area contributed by atoms with Gasteiger partial charge in [-0.05, 0) is 18.6 Å². The number of para-hydroxylation sites is 2. The molecule has 1 amide bonds. The normalized spacial score (nSPS) is 18.6. The second-order valence-corrected chi connectivity index (χ2v) is 6.70. The number of methoxy groups -OCH3 is 1. The van der Waals surface area contributed by atoms with Crippen LogP contribution < -0.4 is 9.64 Å². The molecule has 0 unspecified atom stereocenters. The third-order valence-electron chi connectivity index (χ3n) is 3.19. The van der Waals surface area contributed by atoms with Crippen LogP contribution in [0.15, 0.2) is 40.2 Å². The summed E-state index contributed by atoms with van der Waals surface area (Å²) >= 11 is 3.13. The third kappa shape index (κ3) is 2.53. The smallest absolute Gasteiger partial charge is 0.240 e. The van der Waals surface area contributed by atoms with Gasteiger partial charge >= 0.3 is 0 Å². The molecular weight excluding hydrogens is 292 g/mol. The Hall–Kier alpha value is -1.53. The number of amides is 1. The maximum Gasteiger partial charge on any atom is 0.240 e. The van der Waals surface area contributed by atoms with E-state index in [0.717, 1.165) is 28.7 Å². The summed E-state index contributed by atoms with van der Waals surface area (Å²) < 4.78 is 6.29. The van der Waals surface area contributed by atoms with Gasteiger partial charge in [-0.15, -0.1) is 11.3 Å². The number of benzene rings is 1. The van der Waals surface area contributed by atoms with Crippen molar-refractivity contribution in [3.8, 4) is 5.75 Å². The average Bonchev–Trinajstić information content (AvgIpc) is 3.11. The Bertz CT molecular complexity index is 601. The number of carbonyl (C=O) groups is 1. The van der Waals surface area contributed by atoms with E-state index in [-0.39, 0.29) is 11.2 Å². The van der Waals surface area contributed by atoms with Crippen LogP contribution in [0.2, 0.25) is 0 Å². The molecule has 1 saturated heterocycles. The van der Waals surface area contributed by atoms with Gasteiger partial charge in [0.25, 0.3) is 0 Å². The molecule has 2 heterocycles. The number of hydrogen-bond donors (Lipinski definition) is 0. The Kier molecular flexibility index (Phi) is 3.93. The molecule has 6 heteroatoms. The van der Waals surface area contributed by atoms with Crippen LogP contribution in [0.4, 0.5) is 5.69 Å². The molecule has 0 spiro atoms. The molecule has 1 aromatic carbocycles. The summed E-state index contributed by atoms with van der Waals surface area (Å²) in [6, 6.07) is 7.63. The van der Waals surface area contributed by atoms with Crippen LogP contribution >= 0.6 is 23.1 Å². The summed E-state index contributed by atoms with van der Waals surface area (Å²) in [7, 11) is 1.63. The Morgan fingerprint density at radius 1 is 1.45 bits per heavy atom. The number of rotatable bonds is 4. The minimum Gasteiger partial charge on any atom is -0.495 e. The highest BCUT2D eigenvalue weighted by Gasteiger charge is 2.34. The Morgan fingerprint density at radius 3 is 3.05 bits per heavy atom. The average molecular weight is 306 g/mol. The van der Waals surface area contributed by atoms with Gasteiger partial charge in [0.1, 0.15) is 5.75 Å².